The molecule has 0 unspecified atom stereocenters. The number of nitrogens with one attached hydrogen (secondary N) is 2. The molecule has 0 bridgehead atoms. The Morgan fingerprint density at radius 1 is 1.12 bits per heavy atom. The summed E-state index contributed by atoms with van der Waals surface area (Å²) in [6, 6.07) is 13.5. The second-order valence-corrected chi connectivity index (χ2v) is 7.79. The molecule has 0 aliphatic heterocycles. The van der Waals surface area contributed by atoms with Crippen molar-refractivity contribution < 1.29 is 14.0 Å². The first-order valence-corrected chi connectivity index (χ1v) is 11.2. The summed E-state index contributed by atoms with van der Waals surface area (Å²) in [5.74, 6) is -1.77. The summed E-state index contributed by atoms with van der Waals surface area (Å²) in [6.07, 6.45) is 9.53. The van der Waals surface area contributed by atoms with Gasteiger partial charge in [0.15, 0.2) is 0 Å². The van der Waals surface area contributed by atoms with Crippen LogP contribution in [0.4, 0.5) is 4.39 Å². The maximum atomic E-state index is 14.2. The highest BCUT2D eigenvalue weighted by Crippen LogP contribution is 2.23. The Hall–Kier alpha value is -4.20. The number of imidazole rings is 1. The van der Waals surface area contributed by atoms with E-state index in [1.807, 2.05) is 48.1 Å². The minimum Gasteiger partial charge on any atom is -0.351 e. The largest absolute Gasteiger partial charge is 0.351 e. The van der Waals surface area contributed by atoms with Crippen LogP contribution in [0.3, 0.4) is 0 Å². The lowest BCUT2D eigenvalue weighted by Crippen LogP contribution is -2.35. The van der Waals surface area contributed by atoms with Crippen molar-refractivity contribution in [2.24, 2.45) is 0 Å². The van der Waals surface area contributed by atoms with Crippen molar-refractivity contribution in [3.63, 3.8) is 0 Å². The minimum atomic E-state index is -0.683. The Labute approximate surface area is 196 Å². The van der Waals surface area contributed by atoms with Gasteiger partial charge in [-0.25, -0.2) is 9.37 Å². The predicted octanol–water partition coefficient (Wildman–Crippen LogP) is 3.97. The molecule has 7 nitrogen and oxygen atoms in total. The van der Waals surface area contributed by atoms with Gasteiger partial charge in [0.1, 0.15) is 11.5 Å². The molecule has 0 fully saturated rings. The zero-order chi connectivity index (χ0) is 23.9. The normalized spacial score (nSPS) is 11.5. The second kappa shape index (κ2) is 10.6. The molecule has 2 amide bonds. The van der Waals surface area contributed by atoms with Crippen molar-refractivity contribution in [2.45, 2.75) is 26.4 Å². The average molecular weight is 460 g/mol. The zero-order valence-corrected chi connectivity index (χ0v) is 18.9. The highest BCUT2D eigenvalue weighted by Gasteiger charge is 2.18. The van der Waals surface area contributed by atoms with E-state index in [2.05, 4.69) is 20.2 Å². The van der Waals surface area contributed by atoms with Crippen LogP contribution in [0.25, 0.3) is 17.0 Å². The van der Waals surface area contributed by atoms with Crippen molar-refractivity contribution in [1.29, 1.82) is 0 Å². The van der Waals surface area contributed by atoms with Gasteiger partial charge in [0.2, 0.25) is 0 Å². The van der Waals surface area contributed by atoms with Crippen LogP contribution in [0, 0.1) is 5.82 Å². The molecule has 174 valence electrons. The van der Waals surface area contributed by atoms with Crippen LogP contribution in [0.5, 0.6) is 0 Å². The summed E-state index contributed by atoms with van der Waals surface area (Å²) in [5.41, 5.74) is 1.74. The summed E-state index contributed by atoms with van der Waals surface area (Å²) in [4.78, 5) is 29.9. The average Bonchev–Trinajstić information content (AvgIpc) is 3.49. The minimum absolute atomic E-state index is 0.0508. The topological polar surface area (TPSA) is 81.0 Å². The summed E-state index contributed by atoms with van der Waals surface area (Å²) in [7, 11) is 0. The maximum absolute atomic E-state index is 14.2. The molecule has 2 heterocycles. The van der Waals surface area contributed by atoms with Crippen molar-refractivity contribution in [3.05, 3.63) is 96.1 Å². The standard InChI is InChI=1S/C26H26FN5O2/c1-2-32-17-19(20-8-4-6-11-24(20)32)16-23(30-25(33)21-9-3-5-10-22(21)27)26(34)29-12-7-14-31-15-13-28-18-31/h3-6,8-11,13,15-18H,2,7,12,14H2,1H3,(H,29,34)(H,30,33). The summed E-state index contributed by atoms with van der Waals surface area (Å²) >= 11 is 0. The Balaban J connectivity index is 1.59. The number of rotatable bonds is 9. The molecule has 0 saturated heterocycles. The molecule has 0 aliphatic carbocycles. The summed E-state index contributed by atoms with van der Waals surface area (Å²) in [5, 5.41) is 6.42. The van der Waals surface area contributed by atoms with Gasteiger partial charge >= 0.3 is 0 Å². The molecule has 8 heteroatoms. The number of halogens is 1. The molecule has 2 aromatic heterocycles. The van der Waals surface area contributed by atoms with Gasteiger partial charge in [0.05, 0.1) is 11.9 Å². The molecule has 0 saturated carbocycles. The van der Waals surface area contributed by atoms with Crippen molar-refractivity contribution >= 4 is 28.8 Å². The molecule has 0 aliphatic rings. The number of nitrogens with zero attached hydrogens (tertiary/aromatic N) is 3. The van der Waals surface area contributed by atoms with Gasteiger partial charge in [0.25, 0.3) is 11.8 Å². The highest BCUT2D eigenvalue weighted by molar-refractivity contribution is 6.06. The number of carbonyl (C=O) groups is 2. The van der Waals surface area contributed by atoms with Gasteiger partial charge < -0.3 is 19.8 Å². The maximum Gasteiger partial charge on any atom is 0.267 e. The molecule has 34 heavy (non-hydrogen) atoms. The van der Waals surface area contributed by atoms with Crippen molar-refractivity contribution in [1.82, 2.24) is 24.8 Å². The Morgan fingerprint density at radius 2 is 1.91 bits per heavy atom. The lowest BCUT2D eigenvalue weighted by Gasteiger charge is -2.12. The van der Waals surface area contributed by atoms with Crippen molar-refractivity contribution in [3.8, 4) is 0 Å². The van der Waals surface area contributed by atoms with E-state index in [0.29, 0.717) is 19.5 Å². The number of aromatic nitrogens is 3. The first-order chi connectivity index (χ1) is 16.6. The fourth-order valence-corrected chi connectivity index (χ4v) is 3.78. The van der Waals surface area contributed by atoms with Crippen LogP contribution < -0.4 is 10.6 Å². The zero-order valence-electron chi connectivity index (χ0n) is 18.9. The smallest absolute Gasteiger partial charge is 0.267 e. The number of carbonyl (C=O) groups excluding carboxylic acids is 2. The summed E-state index contributed by atoms with van der Waals surface area (Å²) in [6.45, 7) is 3.89. The van der Waals surface area contributed by atoms with E-state index in [4.69, 9.17) is 0 Å². The van der Waals surface area contributed by atoms with E-state index >= 15 is 0 Å². The predicted molar refractivity (Wildman–Crippen MR) is 129 cm³/mol. The first-order valence-electron chi connectivity index (χ1n) is 11.2. The van der Waals surface area contributed by atoms with Crippen LogP contribution in [0.1, 0.15) is 29.3 Å². The number of hydrogen-bond acceptors (Lipinski definition) is 3. The monoisotopic (exact) mass is 459 g/mol. The SMILES string of the molecule is CCn1cc(C=C(NC(=O)c2ccccc2F)C(=O)NCCCn2ccnc2)c2ccccc21. The Bertz CT molecular complexity index is 1320. The van der Waals surface area contributed by atoms with E-state index in [1.54, 1.807) is 24.7 Å². The van der Waals surface area contributed by atoms with Gasteiger partial charge in [-0.3, -0.25) is 9.59 Å². The summed E-state index contributed by atoms with van der Waals surface area (Å²) < 4.78 is 18.2. The number of hydrogen-bond donors (Lipinski definition) is 2. The van der Waals surface area contributed by atoms with Crippen molar-refractivity contribution in [2.75, 3.05) is 6.54 Å². The van der Waals surface area contributed by atoms with Gasteiger partial charge in [-0.15, -0.1) is 0 Å². The Kier molecular flexibility index (Phi) is 7.17. The van der Waals surface area contributed by atoms with E-state index in [9.17, 15) is 14.0 Å². The lowest BCUT2D eigenvalue weighted by atomic mass is 10.1. The molecule has 4 aromatic rings. The quantitative estimate of drug-likeness (QED) is 0.294. The fourth-order valence-electron chi connectivity index (χ4n) is 3.78. The third kappa shape index (κ3) is 5.23. The molecule has 0 spiro atoms. The third-order valence-electron chi connectivity index (χ3n) is 5.51. The lowest BCUT2D eigenvalue weighted by molar-refractivity contribution is -0.117. The molecule has 0 atom stereocenters. The Morgan fingerprint density at radius 3 is 2.68 bits per heavy atom. The van der Waals surface area contributed by atoms with Crippen LogP contribution >= 0.6 is 0 Å². The molecular formula is C26H26FN5O2. The van der Waals surface area contributed by atoms with Gasteiger partial charge in [0, 0.05) is 54.7 Å². The van der Waals surface area contributed by atoms with Gasteiger partial charge in [-0.1, -0.05) is 30.3 Å². The van der Waals surface area contributed by atoms with Crippen LogP contribution in [0.15, 0.2) is 79.1 Å². The van der Waals surface area contributed by atoms with Crippen LogP contribution in [-0.4, -0.2) is 32.5 Å². The highest BCUT2D eigenvalue weighted by atomic mass is 19.1. The number of aryl methyl sites for hydroxylation is 2. The van der Waals surface area contributed by atoms with Gasteiger partial charge in [-0.2, -0.15) is 0 Å². The van der Waals surface area contributed by atoms with E-state index in [1.165, 1.54) is 18.2 Å². The molecule has 2 aromatic carbocycles. The number of benzene rings is 2. The molecular weight excluding hydrogens is 433 g/mol. The molecule has 2 N–H and O–H groups in total. The molecule has 0 radical (unpaired) electrons. The van der Waals surface area contributed by atoms with E-state index in [0.717, 1.165) is 23.0 Å². The van der Waals surface area contributed by atoms with Crippen LogP contribution in [-0.2, 0) is 17.9 Å². The van der Waals surface area contributed by atoms with E-state index < -0.39 is 17.6 Å². The van der Waals surface area contributed by atoms with Crippen LogP contribution in [0.2, 0.25) is 0 Å². The number of amides is 2. The van der Waals surface area contributed by atoms with Gasteiger partial charge in [-0.05, 0) is 37.6 Å². The molecule has 4 rings (SSSR count). The number of fused-ring (bicyclic) bond motifs is 1. The third-order valence-corrected chi connectivity index (χ3v) is 5.51. The number of para-hydroxylation sites is 1. The van der Waals surface area contributed by atoms with E-state index in [-0.39, 0.29) is 11.3 Å². The fraction of sp³-hybridized carbons (Fsp3) is 0.192. The second-order valence-electron chi connectivity index (χ2n) is 7.79. The first kappa shape index (κ1) is 23.0.